The lowest BCUT2D eigenvalue weighted by Gasteiger charge is -2.26. The molecule has 1 aromatic carbocycles. The minimum atomic E-state index is 0.339. The lowest BCUT2D eigenvalue weighted by atomic mass is 10.1. The lowest BCUT2D eigenvalue weighted by Crippen LogP contribution is -2.35. The molecule has 1 aliphatic heterocycles. The van der Waals surface area contributed by atoms with Crippen LogP contribution in [0.2, 0.25) is 5.02 Å². The number of aromatic nitrogens is 6. The van der Waals surface area contributed by atoms with Crippen molar-refractivity contribution in [1.29, 1.82) is 0 Å². The first-order chi connectivity index (χ1) is 16.2. The molecule has 1 saturated heterocycles. The van der Waals surface area contributed by atoms with Crippen LogP contribution in [-0.4, -0.2) is 60.9 Å². The van der Waals surface area contributed by atoms with Gasteiger partial charge in [-0.2, -0.15) is 10.2 Å². The average molecular weight is 466 g/mol. The van der Waals surface area contributed by atoms with Gasteiger partial charge in [-0.25, -0.2) is 9.67 Å². The zero-order valence-corrected chi connectivity index (χ0v) is 19.1. The number of hydrogen-bond donors (Lipinski definition) is 0. The van der Waals surface area contributed by atoms with Crippen molar-refractivity contribution in [3.8, 4) is 34.4 Å². The zero-order chi connectivity index (χ0) is 22.4. The van der Waals surface area contributed by atoms with Gasteiger partial charge in [0.15, 0.2) is 11.6 Å². The second kappa shape index (κ2) is 8.40. The molecule has 6 rings (SSSR count). The van der Waals surface area contributed by atoms with Crippen molar-refractivity contribution in [2.75, 3.05) is 26.3 Å². The standard InChI is InChI=1S/C23H24ClN7O2/c1-29-21(18(24)13-25-29)19-12-20(33-28-19)23-26-22(27-31(23)17-5-6-17)16-4-2-3-15(11-16)14-30-7-9-32-10-8-30/h2-4,11-13,17H,5-10,14H2,1H3. The van der Waals surface area contributed by atoms with E-state index < -0.39 is 0 Å². The summed E-state index contributed by atoms with van der Waals surface area (Å²) in [5.74, 6) is 1.94. The van der Waals surface area contributed by atoms with Crippen LogP contribution in [0.4, 0.5) is 0 Å². The molecule has 4 aromatic rings. The minimum absolute atomic E-state index is 0.339. The number of rotatable bonds is 6. The van der Waals surface area contributed by atoms with Crippen molar-refractivity contribution in [3.05, 3.63) is 47.1 Å². The number of hydrogen-bond acceptors (Lipinski definition) is 7. The third-order valence-electron chi connectivity index (χ3n) is 6.09. The Hall–Kier alpha value is -3.01. The van der Waals surface area contributed by atoms with Crippen molar-refractivity contribution in [1.82, 2.24) is 34.6 Å². The van der Waals surface area contributed by atoms with Gasteiger partial charge in [0.1, 0.15) is 11.4 Å². The minimum Gasteiger partial charge on any atom is -0.379 e. The number of benzene rings is 1. The van der Waals surface area contributed by atoms with Crippen LogP contribution < -0.4 is 0 Å². The number of morpholine rings is 1. The van der Waals surface area contributed by atoms with Crippen LogP contribution in [0.25, 0.3) is 34.4 Å². The van der Waals surface area contributed by atoms with Crippen LogP contribution in [0.3, 0.4) is 0 Å². The topological polar surface area (TPSA) is 87.0 Å². The van der Waals surface area contributed by atoms with Gasteiger partial charge in [0.2, 0.25) is 5.76 Å². The highest BCUT2D eigenvalue weighted by atomic mass is 35.5. The van der Waals surface area contributed by atoms with Crippen molar-refractivity contribution < 1.29 is 9.26 Å². The van der Waals surface area contributed by atoms with Gasteiger partial charge in [0.05, 0.1) is 30.5 Å². The molecule has 2 aliphatic rings. The summed E-state index contributed by atoms with van der Waals surface area (Å²) < 4.78 is 14.8. The van der Waals surface area contributed by atoms with E-state index in [-0.39, 0.29) is 0 Å². The largest absolute Gasteiger partial charge is 0.379 e. The molecule has 0 radical (unpaired) electrons. The molecule has 1 saturated carbocycles. The van der Waals surface area contributed by atoms with Gasteiger partial charge in [-0.3, -0.25) is 9.58 Å². The lowest BCUT2D eigenvalue weighted by molar-refractivity contribution is 0.0342. The molecule has 0 spiro atoms. The molecular formula is C23H24ClN7O2. The molecule has 1 aliphatic carbocycles. The van der Waals surface area contributed by atoms with Gasteiger partial charge in [-0.05, 0) is 24.5 Å². The first-order valence-electron chi connectivity index (χ1n) is 11.2. The number of ether oxygens (including phenoxy) is 1. The van der Waals surface area contributed by atoms with E-state index in [1.165, 1.54) is 5.56 Å². The maximum absolute atomic E-state index is 6.29. The van der Waals surface area contributed by atoms with E-state index in [1.54, 1.807) is 10.9 Å². The summed E-state index contributed by atoms with van der Waals surface area (Å²) >= 11 is 6.29. The Morgan fingerprint density at radius 3 is 2.76 bits per heavy atom. The van der Waals surface area contributed by atoms with Crippen LogP contribution in [0.5, 0.6) is 0 Å². The molecule has 170 valence electrons. The molecule has 4 heterocycles. The summed E-state index contributed by atoms with van der Waals surface area (Å²) in [4.78, 5) is 7.28. The van der Waals surface area contributed by atoms with Gasteiger partial charge in [0.25, 0.3) is 0 Å². The fraction of sp³-hybridized carbons (Fsp3) is 0.391. The maximum atomic E-state index is 6.29. The first kappa shape index (κ1) is 20.6. The van der Waals surface area contributed by atoms with Gasteiger partial charge >= 0.3 is 0 Å². The zero-order valence-electron chi connectivity index (χ0n) is 18.3. The van der Waals surface area contributed by atoms with Crippen LogP contribution in [0.1, 0.15) is 24.4 Å². The smallest absolute Gasteiger partial charge is 0.204 e. The Morgan fingerprint density at radius 1 is 1.15 bits per heavy atom. The molecule has 9 nitrogen and oxygen atoms in total. The molecule has 0 atom stereocenters. The molecule has 10 heteroatoms. The summed E-state index contributed by atoms with van der Waals surface area (Å²) in [6.07, 6.45) is 3.77. The van der Waals surface area contributed by atoms with E-state index in [1.807, 2.05) is 17.8 Å². The van der Waals surface area contributed by atoms with Gasteiger partial charge in [0, 0.05) is 38.3 Å². The van der Waals surface area contributed by atoms with Crippen molar-refractivity contribution >= 4 is 11.6 Å². The van der Waals surface area contributed by atoms with Crippen LogP contribution in [0.15, 0.2) is 41.1 Å². The second-order valence-corrected chi connectivity index (χ2v) is 8.97. The molecule has 0 N–H and O–H groups in total. The predicted octanol–water partition coefficient (Wildman–Crippen LogP) is 3.82. The summed E-state index contributed by atoms with van der Waals surface area (Å²) in [6.45, 7) is 4.39. The van der Waals surface area contributed by atoms with E-state index in [4.69, 9.17) is 30.9 Å². The molecule has 3 aromatic heterocycles. The fourth-order valence-electron chi connectivity index (χ4n) is 4.20. The second-order valence-electron chi connectivity index (χ2n) is 8.56. The summed E-state index contributed by atoms with van der Waals surface area (Å²) in [7, 11) is 1.82. The Kier molecular flexibility index (Phi) is 5.24. The number of aryl methyl sites for hydroxylation is 1. The Morgan fingerprint density at radius 2 is 2.00 bits per heavy atom. The van der Waals surface area contributed by atoms with Crippen molar-refractivity contribution in [2.45, 2.75) is 25.4 Å². The quantitative estimate of drug-likeness (QED) is 0.427. The monoisotopic (exact) mass is 465 g/mol. The summed E-state index contributed by atoms with van der Waals surface area (Å²) in [5, 5.41) is 13.8. The van der Waals surface area contributed by atoms with Crippen molar-refractivity contribution in [3.63, 3.8) is 0 Å². The molecule has 0 unspecified atom stereocenters. The molecule has 33 heavy (non-hydrogen) atoms. The van der Waals surface area contributed by atoms with Gasteiger partial charge in [-0.1, -0.05) is 35.0 Å². The van der Waals surface area contributed by atoms with E-state index in [0.29, 0.717) is 39.9 Å². The number of halogens is 1. The van der Waals surface area contributed by atoms with Crippen LogP contribution >= 0.6 is 11.6 Å². The van der Waals surface area contributed by atoms with E-state index in [2.05, 4.69) is 39.4 Å². The molecule has 0 amide bonds. The van der Waals surface area contributed by atoms with Crippen LogP contribution in [0, 0.1) is 0 Å². The Labute approximate surface area is 195 Å². The number of nitrogens with zero attached hydrogens (tertiary/aromatic N) is 7. The first-order valence-corrected chi connectivity index (χ1v) is 11.5. The highest BCUT2D eigenvalue weighted by molar-refractivity contribution is 6.32. The Balaban J connectivity index is 1.32. The Bertz CT molecular complexity index is 1260. The SMILES string of the molecule is Cn1ncc(Cl)c1-c1cc(-c2nc(-c3cccc(CN4CCOCC4)c3)nn2C2CC2)on1. The summed E-state index contributed by atoms with van der Waals surface area (Å²) in [5.41, 5.74) is 3.57. The molecular weight excluding hydrogens is 442 g/mol. The van der Waals surface area contributed by atoms with Gasteiger partial charge in [-0.15, -0.1) is 0 Å². The highest BCUT2D eigenvalue weighted by Crippen LogP contribution is 2.39. The fourth-order valence-corrected chi connectivity index (χ4v) is 4.47. The van der Waals surface area contributed by atoms with E-state index in [0.717, 1.165) is 51.3 Å². The highest BCUT2D eigenvalue weighted by Gasteiger charge is 2.31. The van der Waals surface area contributed by atoms with Gasteiger partial charge < -0.3 is 9.26 Å². The molecule has 2 fully saturated rings. The molecule has 0 bridgehead atoms. The predicted molar refractivity (Wildman–Crippen MR) is 123 cm³/mol. The van der Waals surface area contributed by atoms with E-state index >= 15 is 0 Å². The van der Waals surface area contributed by atoms with E-state index in [9.17, 15) is 0 Å². The summed E-state index contributed by atoms with van der Waals surface area (Å²) in [6, 6.07) is 10.6. The van der Waals surface area contributed by atoms with Crippen molar-refractivity contribution in [2.24, 2.45) is 7.05 Å². The maximum Gasteiger partial charge on any atom is 0.204 e. The third-order valence-corrected chi connectivity index (χ3v) is 6.36. The average Bonchev–Trinajstić information content (AvgIpc) is 3.24. The van der Waals surface area contributed by atoms with Crippen LogP contribution in [-0.2, 0) is 18.3 Å². The normalized spacial score (nSPS) is 17.0. The third kappa shape index (κ3) is 4.07.